The molecule has 1 heterocycles. The summed E-state index contributed by atoms with van der Waals surface area (Å²) >= 11 is 6.08. The summed E-state index contributed by atoms with van der Waals surface area (Å²) in [6, 6.07) is 7.41. The molecule has 0 aliphatic heterocycles. The van der Waals surface area contributed by atoms with E-state index in [1.807, 2.05) is 18.2 Å². The fourth-order valence-electron chi connectivity index (χ4n) is 1.79. The molecule has 2 amide bonds. The van der Waals surface area contributed by atoms with Gasteiger partial charge in [0.05, 0.1) is 12.7 Å². The zero-order chi connectivity index (χ0) is 15.9. The summed E-state index contributed by atoms with van der Waals surface area (Å²) in [7, 11) is 0. The number of aromatic nitrogens is 3. The lowest BCUT2D eigenvalue weighted by molar-refractivity contribution is -0.118. The number of rotatable bonds is 6. The molecule has 0 unspecified atom stereocenters. The Morgan fingerprint density at radius 2 is 1.95 bits per heavy atom. The number of hydrogen-bond acceptors (Lipinski definition) is 4. The molecule has 0 atom stereocenters. The molecule has 7 nitrogen and oxygen atoms in total. The predicted molar refractivity (Wildman–Crippen MR) is 81.6 cm³/mol. The molecule has 0 spiro atoms. The molecule has 2 rings (SSSR count). The molecule has 1 aromatic carbocycles. The summed E-state index contributed by atoms with van der Waals surface area (Å²) < 4.78 is 1.55. The molecule has 1 aromatic heterocycles. The van der Waals surface area contributed by atoms with E-state index >= 15 is 0 Å². The van der Waals surface area contributed by atoms with Crippen LogP contribution in [0.15, 0.2) is 30.5 Å². The van der Waals surface area contributed by atoms with E-state index in [0.717, 1.165) is 5.56 Å². The lowest BCUT2D eigenvalue weighted by Crippen LogP contribution is -2.33. The van der Waals surface area contributed by atoms with Crippen LogP contribution in [0.25, 0.3) is 0 Å². The second-order valence-electron chi connectivity index (χ2n) is 4.63. The van der Waals surface area contributed by atoms with Crippen LogP contribution >= 0.6 is 11.6 Å². The Labute approximate surface area is 132 Å². The average molecular weight is 322 g/mol. The van der Waals surface area contributed by atoms with Crippen LogP contribution in [0.2, 0.25) is 5.02 Å². The van der Waals surface area contributed by atoms with Crippen molar-refractivity contribution < 1.29 is 9.59 Å². The van der Waals surface area contributed by atoms with Gasteiger partial charge in [-0.15, -0.1) is 5.10 Å². The fourth-order valence-corrected chi connectivity index (χ4v) is 1.98. The second-order valence-corrected chi connectivity index (χ2v) is 5.04. The summed E-state index contributed by atoms with van der Waals surface area (Å²) in [5, 5.41) is 13.6. The largest absolute Gasteiger partial charge is 0.355 e. The van der Waals surface area contributed by atoms with Crippen LogP contribution in [0.1, 0.15) is 23.0 Å². The highest BCUT2D eigenvalue weighted by Crippen LogP contribution is 2.15. The maximum absolute atomic E-state index is 11.9. The highest BCUT2D eigenvalue weighted by atomic mass is 35.5. The van der Waals surface area contributed by atoms with Crippen molar-refractivity contribution in [1.82, 2.24) is 25.6 Å². The Bertz CT molecular complexity index is 671. The van der Waals surface area contributed by atoms with Gasteiger partial charge in [0.15, 0.2) is 5.69 Å². The molecule has 0 saturated heterocycles. The highest BCUT2D eigenvalue weighted by Gasteiger charge is 2.11. The molecule has 0 saturated carbocycles. The smallest absolute Gasteiger partial charge is 0.273 e. The van der Waals surface area contributed by atoms with Crippen molar-refractivity contribution in [2.75, 3.05) is 13.1 Å². The van der Waals surface area contributed by atoms with Gasteiger partial charge in [-0.3, -0.25) is 9.59 Å². The number of nitrogens with zero attached hydrogens (tertiary/aromatic N) is 3. The number of carbonyl (C=O) groups is 2. The van der Waals surface area contributed by atoms with Crippen molar-refractivity contribution >= 4 is 23.4 Å². The van der Waals surface area contributed by atoms with Gasteiger partial charge in [0.1, 0.15) is 0 Å². The number of hydrogen-bond donors (Lipinski definition) is 2. The third-order valence-corrected chi connectivity index (χ3v) is 3.21. The first kappa shape index (κ1) is 16.0. The quantitative estimate of drug-likeness (QED) is 0.772. The monoisotopic (exact) mass is 321 g/mol. The first-order valence-electron chi connectivity index (χ1n) is 6.72. The van der Waals surface area contributed by atoms with Crippen molar-refractivity contribution in [3.05, 3.63) is 46.7 Å². The number of nitrogens with one attached hydrogen (secondary N) is 2. The minimum absolute atomic E-state index is 0.139. The number of benzene rings is 1. The van der Waals surface area contributed by atoms with E-state index in [2.05, 4.69) is 20.9 Å². The molecule has 2 N–H and O–H groups in total. The van der Waals surface area contributed by atoms with Gasteiger partial charge < -0.3 is 10.6 Å². The molecular weight excluding hydrogens is 306 g/mol. The van der Waals surface area contributed by atoms with E-state index in [0.29, 0.717) is 24.7 Å². The normalized spacial score (nSPS) is 10.3. The number of carbonyl (C=O) groups excluding carboxylic acids is 2. The van der Waals surface area contributed by atoms with Crippen LogP contribution < -0.4 is 10.6 Å². The van der Waals surface area contributed by atoms with Gasteiger partial charge in [0.25, 0.3) is 5.91 Å². The molecule has 0 aliphatic rings. The first-order valence-corrected chi connectivity index (χ1v) is 7.10. The first-order chi connectivity index (χ1) is 10.6. The number of amides is 2. The molecule has 2 aromatic rings. The van der Waals surface area contributed by atoms with Crippen molar-refractivity contribution in [2.45, 2.75) is 13.5 Å². The van der Waals surface area contributed by atoms with E-state index in [9.17, 15) is 9.59 Å². The molecule has 0 fully saturated rings. The average Bonchev–Trinajstić information content (AvgIpc) is 2.94. The van der Waals surface area contributed by atoms with E-state index < -0.39 is 0 Å². The van der Waals surface area contributed by atoms with Gasteiger partial charge in [-0.25, -0.2) is 4.68 Å². The summed E-state index contributed by atoms with van der Waals surface area (Å²) in [4.78, 5) is 22.6. The van der Waals surface area contributed by atoms with Crippen LogP contribution in [-0.4, -0.2) is 39.9 Å². The Hall–Kier alpha value is -2.41. The van der Waals surface area contributed by atoms with Crippen LogP contribution in [0.5, 0.6) is 0 Å². The van der Waals surface area contributed by atoms with E-state index in [4.69, 9.17) is 11.6 Å². The third kappa shape index (κ3) is 4.56. The Morgan fingerprint density at radius 1 is 1.23 bits per heavy atom. The number of halogens is 1. The third-order valence-electron chi connectivity index (χ3n) is 2.85. The van der Waals surface area contributed by atoms with Gasteiger partial charge >= 0.3 is 0 Å². The summed E-state index contributed by atoms with van der Waals surface area (Å²) in [6.07, 6.45) is 1.55. The summed E-state index contributed by atoms with van der Waals surface area (Å²) in [6.45, 7) is 2.55. The summed E-state index contributed by atoms with van der Waals surface area (Å²) in [5.74, 6) is -0.476. The van der Waals surface area contributed by atoms with Crippen LogP contribution in [0.4, 0.5) is 0 Å². The Balaban J connectivity index is 1.89. The maximum Gasteiger partial charge on any atom is 0.273 e. The standard InChI is InChI=1S/C14H16ClN5O2/c1-10(21)16-6-7-17-14(22)13-9-20(19-18-13)8-11-4-2-3-5-12(11)15/h2-5,9H,6-8H2,1H3,(H,16,21)(H,17,22). The molecule has 22 heavy (non-hydrogen) atoms. The van der Waals surface area contributed by atoms with Gasteiger partial charge in [0, 0.05) is 25.0 Å². The van der Waals surface area contributed by atoms with Crippen LogP contribution in [0, 0.1) is 0 Å². The SMILES string of the molecule is CC(=O)NCCNC(=O)c1cn(Cc2ccccc2Cl)nn1. The Morgan fingerprint density at radius 3 is 2.68 bits per heavy atom. The fraction of sp³-hybridized carbons (Fsp3) is 0.286. The maximum atomic E-state index is 11.9. The van der Waals surface area contributed by atoms with E-state index in [1.54, 1.807) is 16.9 Å². The highest BCUT2D eigenvalue weighted by molar-refractivity contribution is 6.31. The van der Waals surface area contributed by atoms with Crippen molar-refractivity contribution in [3.8, 4) is 0 Å². The minimum atomic E-state index is -0.337. The molecule has 8 heteroatoms. The van der Waals surface area contributed by atoms with Crippen molar-refractivity contribution in [2.24, 2.45) is 0 Å². The van der Waals surface area contributed by atoms with Gasteiger partial charge in [-0.2, -0.15) is 0 Å². The van der Waals surface area contributed by atoms with Gasteiger partial charge in [-0.05, 0) is 11.6 Å². The second kappa shape index (κ2) is 7.56. The lowest BCUT2D eigenvalue weighted by Gasteiger charge is -2.03. The molecule has 0 aliphatic carbocycles. The summed E-state index contributed by atoms with van der Waals surface area (Å²) in [5.41, 5.74) is 1.11. The zero-order valence-corrected chi connectivity index (χ0v) is 12.8. The van der Waals surface area contributed by atoms with Crippen LogP contribution in [0.3, 0.4) is 0 Å². The minimum Gasteiger partial charge on any atom is -0.355 e. The Kier molecular flexibility index (Phi) is 5.48. The van der Waals surface area contributed by atoms with Crippen molar-refractivity contribution in [1.29, 1.82) is 0 Å². The molecule has 0 radical (unpaired) electrons. The zero-order valence-electron chi connectivity index (χ0n) is 12.0. The van der Waals surface area contributed by atoms with E-state index in [-0.39, 0.29) is 17.5 Å². The topological polar surface area (TPSA) is 88.9 Å². The lowest BCUT2D eigenvalue weighted by atomic mass is 10.2. The predicted octanol–water partition coefficient (Wildman–Crippen LogP) is 0.846. The van der Waals surface area contributed by atoms with Crippen molar-refractivity contribution in [3.63, 3.8) is 0 Å². The van der Waals surface area contributed by atoms with Gasteiger partial charge in [-0.1, -0.05) is 35.0 Å². The van der Waals surface area contributed by atoms with Gasteiger partial charge in [0.2, 0.25) is 5.91 Å². The van der Waals surface area contributed by atoms with Crippen LogP contribution in [-0.2, 0) is 11.3 Å². The van der Waals surface area contributed by atoms with E-state index in [1.165, 1.54) is 6.92 Å². The molecule has 116 valence electrons. The molecular formula is C14H16ClN5O2. The molecule has 0 bridgehead atoms.